The van der Waals surface area contributed by atoms with Gasteiger partial charge < -0.3 is 9.53 Å². The third-order valence-electron chi connectivity index (χ3n) is 7.89. The monoisotopic (exact) mass is 511 g/mol. The highest BCUT2D eigenvalue weighted by molar-refractivity contribution is 6.74. The first-order valence-electron chi connectivity index (χ1n) is 14.3. The summed E-state index contributed by atoms with van der Waals surface area (Å²) in [6.45, 7) is 15.9. The quantitative estimate of drug-likeness (QED) is 0.170. The van der Waals surface area contributed by atoms with E-state index in [0.29, 0.717) is 6.61 Å². The molecule has 0 bridgehead atoms. The van der Waals surface area contributed by atoms with Gasteiger partial charge in [-0.25, -0.2) is 0 Å². The second-order valence-electron chi connectivity index (χ2n) is 12.0. The summed E-state index contributed by atoms with van der Waals surface area (Å²) in [7, 11) is -1.94. The lowest BCUT2D eigenvalue weighted by atomic mass is 10.00. The van der Waals surface area contributed by atoms with Crippen LogP contribution in [0.2, 0.25) is 18.1 Å². The Labute approximate surface area is 223 Å². The van der Waals surface area contributed by atoms with Gasteiger partial charge in [-0.2, -0.15) is 0 Å². The molecule has 36 heavy (non-hydrogen) atoms. The van der Waals surface area contributed by atoms with Crippen molar-refractivity contribution in [3.05, 3.63) is 71.8 Å². The fourth-order valence-corrected chi connectivity index (χ4v) is 5.42. The van der Waals surface area contributed by atoms with Crippen LogP contribution in [0.25, 0.3) is 0 Å². The van der Waals surface area contributed by atoms with E-state index < -0.39 is 14.4 Å². The molecule has 1 N–H and O–H groups in total. The lowest BCUT2D eigenvalue weighted by molar-refractivity contribution is 0.00488. The van der Waals surface area contributed by atoms with Crippen molar-refractivity contribution in [3.8, 4) is 0 Å². The number of hydrogen-bond donors (Lipinski definition) is 1. The molecule has 3 nitrogen and oxygen atoms in total. The topological polar surface area (TPSA) is 32.7 Å². The van der Waals surface area contributed by atoms with E-state index in [1.54, 1.807) is 0 Å². The van der Waals surface area contributed by atoms with Crippen molar-refractivity contribution >= 4 is 8.32 Å². The van der Waals surface area contributed by atoms with E-state index in [2.05, 4.69) is 106 Å². The van der Waals surface area contributed by atoms with Gasteiger partial charge in [0, 0.05) is 13.1 Å². The minimum atomic E-state index is -1.94. The van der Waals surface area contributed by atoms with Gasteiger partial charge in [-0.05, 0) is 35.7 Å². The summed E-state index contributed by atoms with van der Waals surface area (Å²) in [5.41, 5.74) is 2.54. The Kier molecular flexibility index (Phi) is 13.4. The molecule has 0 unspecified atom stereocenters. The molecule has 4 heteroatoms. The smallest absolute Gasteiger partial charge is 0.192 e. The van der Waals surface area contributed by atoms with Crippen LogP contribution in [0, 0.1) is 0 Å². The molecular formula is C32H53NO2Si. The molecule has 0 fully saturated rings. The molecule has 2 aromatic carbocycles. The standard InChI is InChI=1S/C32H53NO2Si/c1-7-8-9-10-11-12-19-24-31(34)30(27-35-36(5,6)32(2,3)4)33(25-28-20-15-13-16-21-28)26-29-22-17-14-18-23-29/h13-18,20-23,30-31,34H,7-12,19,24-27H2,1-6H3/t30-,31+/m1/s1. The summed E-state index contributed by atoms with van der Waals surface area (Å²) in [6.07, 6.45) is 9.26. The molecule has 0 spiro atoms. The van der Waals surface area contributed by atoms with Crippen molar-refractivity contribution in [2.75, 3.05) is 6.61 Å². The minimum absolute atomic E-state index is 0.0420. The van der Waals surface area contributed by atoms with Gasteiger partial charge in [0.25, 0.3) is 0 Å². The van der Waals surface area contributed by atoms with Crippen LogP contribution in [-0.4, -0.2) is 37.1 Å². The average molecular weight is 512 g/mol. The molecule has 2 rings (SSSR count). The normalized spacial score (nSPS) is 14.2. The predicted molar refractivity (Wildman–Crippen MR) is 158 cm³/mol. The van der Waals surface area contributed by atoms with Gasteiger partial charge in [-0.3, -0.25) is 4.90 Å². The molecule has 0 heterocycles. The molecular weight excluding hydrogens is 458 g/mol. The first-order valence-corrected chi connectivity index (χ1v) is 17.2. The summed E-state index contributed by atoms with van der Waals surface area (Å²) in [6, 6.07) is 21.3. The Bertz CT molecular complexity index is 778. The van der Waals surface area contributed by atoms with Crippen LogP contribution in [0.15, 0.2) is 60.7 Å². The number of aliphatic hydroxyl groups is 1. The van der Waals surface area contributed by atoms with Crippen molar-refractivity contribution in [2.24, 2.45) is 0 Å². The van der Waals surface area contributed by atoms with Crippen molar-refractivity contribution in [1.29, 1.82) is 0 Å². The van der Waals surface area contributed by atoms with Gasteiger partial charge in [-0.1, -0.05) is 133 Å². The Hall–Kier alpha value is -1.46. The highest BCUT2D eigenvalue weighted by Gasteiger charge is 2.39. The molecule has 0 aliphatic rings. The maximum absolute atomic E-state index is 11.6. The molecule has 0 aromatic heterocycles. The summed E-state index contributed by atoms with van der Waals surface area (Å²) in [4.78, 5) is 2.45. The number of unbranched alkanes of at least 4 members (excludes halogenated alkanes) is 6. The van der Waals surface area contributed by atoms with Crippen LogP contribution in [-0.2, 0) is 17.5 Å². The van der Waals surface area contributed by atoms with Crippen molar-refractivity contribution < 1.29 is 9.53 Å². The second-order valence-corrected chi connectivity index (χ2v) is 16.8. The fourth-order valence-electron chi connectivity index (χ4n) is 4.40. The highest BCUT2D eigenvalue weighted by atomic mass is 28.4. The molecule has 0 amide bonds. The third kappa shape index (κ3) is 10.9. The van der Waals surface area contributed by atoms with Crippen LogP contribution in [0.4, 0.5) is 0 Å². The molecule has 0 radical (unpaired) electrons. The Morgan fingerprint density at radius 1 is 0.778 bits per heavy atom. The van der Waals surface area contributed by atoms with Crippen LogP contribution < -0.4 is 0 Å². The number of aliphatic hydroxyl groups excluding tert-OH is 1. The van der Waals surface area contributed by atoms with E-state index in [-0.39, 0.29) is 11.1 Å². The van der Waals surface area contributed by atoms with Crippen LogP contribution in [0.1, 0.15) is 90.2 Å². The van der Waals surface area contributed by atoms with E-state index in [9.17, 15) is 5.11 Å². The zero-order chi connectivity index (χ0) is 26.4. The first-order chi connectivity index (χ1) is 17.1. The van der Waals surface area contributed by atoms with Crippen LogP contribution in [0.3, 0.4) is 0 Å². The van der Waals surface area contributed by atoms with Crippen LogP contribution >= 0.6 is 0 Å². The van der Waals surface area contributed by atoms with E-state index in [1.165, 1.54) is 49.7 Å². The van der Waals surface area contributed by atoms with E-state index in [0.717, 1.165) is 25.9 Å². The van der Waals surface area contributed by atoms with Gasteiger partial charge in [-0.15, -0.1) is 0 Å². The largest absolute Gasteiger partial charge is 0.415 e. The Balaban J connectivity index is 2.18. The highest BCUT2D eigenvalue weighted by Crippen LogP contribution is 2.37. The van der Waals surface area contributed by atoms with Gasteiger partial charge in [0.2, 0.25) is 0 Å². The minimum Gasteiger partial charge on any atom is -0.415 e. The average Bonchev–Trinajstić information content (AvgIpc) is 2.84. The number of rotatable bonds is 17. The summed E-state index contributed by atoms with van der Waals surface area (Å²) in [5.74, 6) is 0. The maximum Gasteiger partial charge on any atom is 0.192 e. The van der Waals surface area contributed by atoms with Crippen LogP contribution in [0.5, 0.6) is 0 Å². The number of hydrogen-bond acceptors (Lipinski definition) is 3. The van der Waals surface area contributed by atoms with Gasteiger partial charge in [0.1, 0.15) is 0 Å². The van der Waals surface area contributed by atoms with Crippen molar-refractivity contribution in [1.82, 2.24) is 4.90 Å². The number of benzene rings is 2. The van der Waals surface area contributed by atoms with E-state index in [4.69, 9.17) is 4.43 Å². The zero-order valence-corrected chi connectivity index (χ0v) is 25.0. The summed E-state index contributed by atoms with van der Waals surface area (Å²) in [5, 5.41) is 11.7. The Morgan fingerprint density at radius 3 is 1.72 bits per heavy atom. The summed E-state index contributed by atoms with van der Waals surface area (Å²) < 4.78 is 6.74. The molecule has 202 valence electrons. The molecule has 0 aliphatic heterocycles. The van der Waals surface area contributed by atoms with Crippen molar-refractivity contribution in [2.45, 2.75) is 122 Å². The molecule has 0 aliphatic carbocycles. The van der Waals surface area contributed by atoms with E-state index in [1.807, 2.05) is 0 Å². The lowest BCUT2D eigenvalue weighted by Gasteiger charge is -2.41. The van der Waals surface area contributed by atoms with Crippen molar-refractivity contribution in [3.63, 3.8) is 0 Å². The molecule has 0 saturated carbocycles. The molecule has 2 aromatic rings. The first kappa shape index (κ1) is 30.8. The van der Waals surface area contributed by atoms with E-state index >= 15 is 0 Å². The molecule has 0 saturated heterocycles. The Morgan fingerprint density at radius 2 is 1.25 bits per heavy atom. The second kappa shape index (κ2) is 15.7. The number of nitrogens with zero attached hydrogens (tertiary/aromatic N) is 1. The summed E-state index contributed by atoms with van der Waals surface area (Å²) >= 11 is 0. The molecule has 2 atom stereocenters. The van der Waals surface area contributed by atoms with Gasteiger partial charge in [0.15, 0.2) is 8.32 Å². The maximum atomic E-state index is 11.6. The van der Waals surface area contributed by atoms with Gasteiger partial charge in [0.05, 0.1) is 18.8 Å². The zero-order valence-electron chi connectivity index (χ0n) is 24.0. The fraction of sp³-hybridized carbons (Fsp3) is 0.625. The SMILES string of the molecule is CCCCCCCCC[C@H](O)[C@@H](CO[Si](C)(C)C(C)(C)C)N(Cc1ccccc1)Cc1ccccc1. The lowest BCUT2D eigenvalue weighted by Crippen LogP contribution is -2.50. The predicted octanol–water partition coefficient (Wildman–Crippen LogP) is 8.58. The third-order valence-corrected chi connectivity index (χ3v) is 12.4. The van der Waals surface area contributed by atoms with Gasteiger partial charge >= 0.3 is 0 Å².